The van der Waals surface area contributed by atoms with Crippen molar-refractivity contribution < 1.29 is 37.7 Å². The van der Waals surface area contributed by atoms with Gasteiger partial charge in [0.05, 0.1) is 6.04 Å². The van der Waals surface area contributed by atoms with Gasteiger partial charge in [0, 0.05) is 36.2 Å². The topological polar surface area (TPSA) is 234 Å². The number of nitrogens with two attached hydrogens (primary N) is 2. The van der Waals surface area contributed by atoms with E-state index in [0.29, 0.717) is 25.8 Å². The van der Waals surface area contributed by atoms with Gasteiger partial charge in [0.1, 0.15) is 11.1 Å². The molecule has 0 saturated heterocycles. The number of aliphatic carboxylic acids is 1. The smallest absolute Gasteiger partial charge is 0.475 e. The zero-order valence-corrected chi connectivity index (χ0v) is 29.9. The highest BCUT2D eigenvalue weighted by Crippen LogP contribution is 2.20. The normalized spacial score (nSPS) is 13.4. The molecule has 3 rings (SSSR count). The molecule has 0 aliphatic rings. The second-order valence-corrected chi connectivity index (χ2v) is 12.5. The highest BCUT2D eigenvalue weighted by Gasteiger charge is 2.38. The van der Waals surface area contributed by atoms with E-state index in [1.807, 2.05) is 54.7 Å². The van der Waals surface area contributed by atoms with E-state index in [1.54, 1.807) is 0 Å². The Bertz CT molecular complexity index is 1620. The minimum absolute atomic E-state index is 0.220. The van der Waals surface area contributed by atoms with E-state index >= 15 is 0 Å². The molecule has 0 aliphatic heterocycles. The van der Waals surface area contributed by atoms with Crippen LogP contribution in [0, 0.1) is 10.1 Å². The Labute approximate surface area is 305 Å². The molecule has 1 heterocycles. The van der Waals surface area contributed by atoms with E-state index in [4.69, 9.17) is 21.4 Å². The second-order valence-electron chi connectivity index (χ2n) is 12.5. The van der Waals surface area contributed by atoms with Crippen molar-refractivity contribution >= 4 is 34.6 Å². The number of guanidine groups is 1. The zero-order valence-electron chi connectivity index (χ0n) is 29.9. The van der Waals surface area contributed by atoms with Gasteiger partial charge < -0.3 is 42.4 Å². The fraction of sp³-hybridized carbons (Fsp3) is 0.486. The first-order valence-corrected chi connectivity index (χ1v) is 17.3. The van der Waals surface area contributed by atoms with Crippen molar-refractivity contribution in [1.29, 1.82) is 0 Å². The molecule has 1 aromatic heterocycles. The predicted octanol–water partition coefficient (Wildman–Crippen LogP) is 3.27. The van der Waals surface area contributed by atoms with Gasteiger partial charge in [-0.15, -0.1) is 0 Å². The van der Waals surface area contributed by atoms with Crippen LogP contribution in [0.25, 0.3) is 10.9 Å². The lowest BCUT2D eigenvalue weighted by atomic mass is 10.0. The number of nitrogens with zero attached hydrogens (tertiary/aromatic N) is 3. The number of aromatic nitrogens is 1. The van der Waals surface area contributed by atoms with Crippen LogP contribution in [0.3, 0.4) is 0 Å². The standard InChI is InChI=1S/C33H49N9O4.C2HF3O2/c1-3-4-5-11-19-41(2)23-26(21-25-22-37-29-16-10-9-15-27(25)29)38-32(44)30(17-12-18-36-33(35)40-42(45)46)39-31(43)28(34)20-24-13-7-6-8-14-24;3-2(4,5)1(6)7/h6-10,13-16,22,26,28,30,37H,3-5,11-12,17-21,23,34H2,1-2H3,(H,38,44)(H,39,43)(H3,35,36,40);(H,6,7)/t26-,28+,30-;/m0./s1. The molecule has 3 aromatic rings. The van der Waals surface area contributed by atoms with E-state index in [-0.39, 0.29) is 30.9 Å². The summed E-state index contributed by atoms with van der Waals surface area (Å²) in [6.07, 6.45) is 3.03. The second kappa shape index (κ2) is 22.7. The number of alkyl halides is 3. The average Bonchev–Trinajstić information content (AvgIpc) is 3.50. The number of unbranched alkanes of at least 4 members (excludes halogenated alkanes) is 3. The fourth-order valence-electron chi connectivity index (χ4n) is 5.46. The van der Waals surface area contributed by atoms with E-state index in [9.17, 15) is 32.9 Å². The quantitative estimate of drug-likeness (QED) is 0.0293. The van der Waals surface area contributed by atoms with Gasteiger partial charge in [0.25, 0.3) is 5.96 Å². The number of para-hydroxylation sites is 1. The maximum atomic E-state index is 13.9. The SMILES string of the molecule is CCCCCCN(C)C[C@H](Cc1c[nH]c2ccccc12)NC(=O)[C@H](CCCN/C(N)=N/[N+](=O)[O-])NC(=O)[C@H](N)Cc1ccccc1.O=C(O)C(F)(F)F. The summed E-state index contributed by atoms with van der Waals surface area (Å²) in [4.78, 5) is 52.1. The Hall–Kier alpha value is -5.23. The van der Waals surface area contributed by atoms with Gasteiger partial charge in [-0.3, -0.25) is 9.59 Å². The van der Waals surface area contributed by atoms with Crippen molar-refractivity contribution in [2.24, 2.45) is 16.6 Å². The number of hydrogen-bond acceptors (Lipinski definition) is 7. The lowest BCUT2D eigenvalue weighted by Gasteiger charge is -2.28. The molecule has 0 saturated carbocycles. The Morgan fingerprint density at radius 3 is 2.30 bits per heavy atom. The molecule has 15 nitrogen and oxygen atoms in total. The molecule has 292 valence electrons. The third-order valence-corrected chi connectivity index (χ3v) is 8.09. The highest BCUT2D eigenvalue weighted by molar-refractivity contribution is 5.90. The van der Waals surface area contributed by atoms with Crippen LogP contribution in [-0.2, 0) is 27.2 Å². The molecule has 9 N–H and O–H groups in total. The van der Waals surface area contributed by atoms with Crippen LogP contribution in [0.2, 0.25) is 0 Å². The summed E-state index contributed by atoms with van der Waals surface area (Å²) in [6.45, 7) is 3.94. The first-order chi connectivity index (χ1) is 25.1. The number of carbonyl (C=O) groups is 3. The van der Waals surface area contributed by atoms with Crippen LogP contribution in [-0.4, -0.2) is 94.7 Å². The monoisotopic (exact) mass is 749 g/mol. The molecule has 2 aromatic carbocycles. The number of fused-ring (bicyclic) bond motifs is 1. The lowest BCUT2D eigenvalue weighted by molar-refractivity contribution is -0.485. The number of nitro groups is 1. The number of carboxylic acid groups (broad SMARTS) is 1. The van der Waals surface area contributed by atoms with E-state index in [0.717, 1.165) is 47.8 Å². The summed E-state index contributed by atoms with van der Waals surface area (Å²) in [5.41, 5.74) is 14.8. The van der Waals surface area contributed by atoms with Crippen molar-refractivity contribution in [1.82, 2.24) is 25.8 Å². The fourth-order valence-corrected chi connectivity index (χ4v) is 5.46. The molecule has 2 amide bonds. The van der Waals surface area contributed by atoms with Crippen molar-refractivity contribution in [2.45, 2.75) is 82.6 Å². The number of nitrogens with one attached hydrogen (secondary N) is 4. The van der Waals surface area contributed by atoms with Gasteiger partial charge in [0.15, 0.2) is 5.03 Å². The summed E-state index contributed by atoms with van der Waals surface area (Å²) < 4.78 is 31.7. The maximum absolute atomic E-state index is 13.9. The largest absolute Gasteiger partial charge is 0.490 e. The minimum Gasteiger partial charge on any atom is -0.475 e. The number of hydrazone groups is 1. The van der Waals surface area contributed by atoms with Crippen LogP contribution in [0.4, 0.5) is 13.2 Å². The molecule has 0 spiro atoms. The van der Waals surface area contributed by atoms with Gasteiger partial charge in [0.2, 0.25) is 11.8 Å². The molecule has 0 aliphatic carbocycles. The van der Waals surface area contributed by atoms with Crippen molar-refractivity contribution in [3.05, 3.63) is 82.0 Å². The first kappa shape index (κ1) is 43.9. The number of carboxylic acids is 1. The zero-order chi connectivity index (χ0) is 39.4. The lowest BCUT2D eigenvalue weighted by Crippen LogP contribution is -2.55. The molecule has 0 bridgehead atoms. The molecular weight excluding hydrogens is 699 g/mol. The van der Waals surface area contributed by atoms with Gasteiger partial charge in [-0.05, 0) is 62.9 Å². The number of hydrogen-bond donors (Lipinski definition) is 7. The minimum atomic E-state index is -5.08. The summed E-state index contributed by atoms with van der Waals surface area (Å²) in [6, 6.07) is 15.5. The summed E-state index contributed by atoms with van der Waals surface area (Å²) in [5.74, 6) is -3.85. The van der Waals surface area contributed by atoms with E-state index < -0.39 is 35.2 Å². The van der Waals surface area contributed by atoms with Crippen molar-refractivity contribution in [2.75, 3.05) is 26.7 Å². The summed E-state index contributed by atoms with van der Waals surface area (Å²) in [5, 5.41) is 29.7. The molecule has 3 atom stereocenters. The number of carbonyl (C=O) groups excluding carboxylic acids is 2. The third kappa shape index (κ3) is 17.2. The van der Waals surface area contributed by atoms with Crippen LogP contribution >= 0.6 is 0 Å². The Balaban J connectivity index is 0.00000126. The molecule has 18 heteroatoms. The van der Waals surface area contributed by atoms with E-state index in [1.165, 1.54) is 6.42 Å². The number of likely N-dealkylation sites (N-methyl/N-ethyl adjacent to an activating group) is 1. The van der Waals surface area contributed by atoms with Crippen molar-refractivity contribution in [3.63, 3.8) is 0 Å². The number of amides is 2. The summed E-state index contributed by atoms with van der Waals surface area (Å²) >= 11 is 0. The van der Waals surface area contributed by atoms with E-state index in [2.05, 4.69) is 51.0 Å². The molecule has 0 unspecified atom stereocenters. The highest BCUT2D eigenvalue weighted by atomic mass is 19.4. The van der Waals surface area contributed by atoms with Crippen LogP contribution in [0.15, 0.2) is 65.9 Å². The number of aromatic amines is 1. The van der Waals surface area contributed by atoms with Crippen molar-refractivity contribution in [3.8, 4) is 0 Å². The van der Waals surface area contributed by atoms with Gasteiger partial charge >= 0.3 is 12.1 Å². The Kier molecular flexibility index (Phi) is 18.8. The number of halogens is 3. The number of benzene rings is 2. The number of rotatable bonds is 20. The molecule has 0 radical (unpaired) electrons. The van der Waals surface area contributed by atoms with Crippen LogP contribution in [0.5, 0.6) is 0 Å². The van der Waals surface area contributed by atoms with Gasteiger partial charge in [-0.2, -0.15) is 13.2 Å². The predicted molar refractivity (Wildman–Crippen MR) is 195 cm³/mol. The molecule has 0 fully saturated rings. The average molecular weight is 750 g/mol. The summed E-state index contributed by atoms with van der Waals surface area (Å²) in [7, 11) is 2.06. The Morgan fingerprint density at radius 1 is 1.00 bits per heavy atom. The maximum Gasteiger partial charge on any atom is 0.490 e. The number of H-pyrrole nitrogens is 1. The van der Waals surface area contributed by atoms with Crippen LogP contribution in [0.1, 0.15) is 56.6 Å². The molecular formula is C35H50F3N9O6. The first-order valence-electron chi connectivity index (χ1n) is 17.3. The Morgan fingerprint density at radius 2 is 1.66 bits per heavy atom. The molecule has 53 heavy (non-hydrogen) atoms. The van der Waals surface area contributed by atoms with Gasteiger partial charge in [-0.1, -0.05) is 74.7 Å². The van der Waals surface area contributed by atoms with Gasteiger partial charge in [-0.25, -0.2) is 14.9 Å². The third-order valence-electron chi connectivity index (χ3n) is 8.09. The van der Waals surface area contributed by atoms with Crippen LogP contribution < -0.4 is 27.4 Å².